The smallest absolute Gasteiger partial charge is 0.262 e. The highest BCUT2D eigenvalue weighted by molar-refractivity contribution is 6.35. The van der Waals surface area contributed by atoms with Gasteiger partial charge in [-0.05, 0) is 32.0 Å². The first-order chi connectivity index (χ1) is 11.3. The highest BCUT2D eigenvalue weighted by Crippen LogP contribution is 2.27. The summed E-state index contributed by atoms with van der Waals surface area (Å²) in [5.41, 5.74) is 1.95. The van der Waals surface area contributed by atoms with Crippen LogP contribution in [0.25, 0.3) is 0 Å². The number of hydrogen-bond acceptors (Lipinski definition) is 5. The van der Waals surface area contributed by atoms with Crippen LogP contribution in [-0.2, 0) is 4.79 Å². The molecule has 128 valence electrons. The summed E-state index contributed by atoms with van der Waals surface area (Å²) in [4.78, 5) is 22.6. The molecule has 1 aromatic carbocycles. The SMILES string of the molecule is Cc1nc(N(C)C)nc(C)c1NC(=O)COc1ccc(Cl)cc1Cl. The van der Waals surface area contributed by atoms with Crippen LogP contribution in [0.1, 0.15) is 11.4 Å². The fourth-order valence-corrected chi connectivity index (χ4v) is 2.45. The third kappa shape index (κ3) is 4.49. The van der Waals surface area contributed by atoms with Crippen LogP contribution in [-0.4, -0.2) is 36.6 Å². The molecule has 0 aliphatic carbocycles. The highest BCUT2D eigenvalue weighted by atomic mass is 35.5. The van der Waals surface area contributed by atoms with Gasteiger partial charge in [-0.2, -0.15) is 0 Å². The molecule has 2 rings (SSSR count). The fourth-order valence-electron chi connectivity index (χ4n) is 1.99. The summed E-state index contributed by atoms with van der Waals surface area (Å²) < 4.78 is 5.42. The number of carbonyl (C=O) groups is 1. The third-order valence-corrected chi connectivity index (χ3v) is 3.71. The van der Waals surface area contributed by atoms with E-state index in [9.17, 15) is 4.79 Å². The Balaban J connectivity index is 2.05. The van der Waals surface area contributed by atoms with E-state index in [-0.39, 0.29) is 12.5 Å². The van der Waals surface area contributed by atoms with Gasteiger partial charge >= 0.3 is 0 Å². The maximum absolute atomic E-state index is 12.1. The molecule has 8 heteroatoms. The maximum Gasteiger partial charge on any atom is 0.262 e. The van der Waals surface area contributed by atoms with E-state index in [1.165, 1.54) is 0 Å². The van der Waals surface area contributed by atoms with Crippen molar-refractivity contribution in [3.8, 4) is 5.75 Å². The zero-order valence-electron chi connectivity index (χ0n) is 13.9. The number of halogens is 2. The van der Waals surface area contributed by atoms with E-state index in [0.29, 0.717) is 38.8 Å². The van der Waals surface area contributed by atoms with Crippen molar-refractivity contribution in [3.63, 3.8) is 0 Å². The first kappa shape index (κ1) is 18.3. The van der Waals surface area contributed by atoms with E-state index in [4.69, 9.17) is 27.9 Å². The van der Waals surface area contributed by atoms with Gasteiger partial charge in [-0.25, -0.2) is 9.97 Å². The summed E-state index contributed by atoms with van der Waals surface area (Å²) in [5.74, 6) is 0.657. The van der Waals surface area contributed by atoms with Gasteiger partial charge in [-0.15, -0.1) is 0 Å². The second-order valence-electron chi connectivity index (χ2n) is 5.38. The lowest BCUT2D eigenvalue weighted by molar-refractivity contribution is -0.118. The number of ether oxygens (including phenoxy) is 1. The lowest BCUT2D eigenvalue weighted by Crippen LogP contribution is -2.23. The Hall–Kier alpha value is -2.05. The van der Waals surface area contributed by atoms with Crippen molar-refractivity contribution in [3.05, 3.63) is 39.6 Å². The lowest BCUT2D eigenvalue weighted by Gasteiger charge is -2.16. The molecule has 0 radical (unpaired) electrons. The first-order valence-electron chi connectivity index (χ1n) is 7.18. The van der Waals surface area contributed by atoms with Gasteiger partial charge in [0.15, 0.2) is 6.61 Å². The lowest BCUT2D eigenvalue weighted by atomic mass is 10.3. The fraction of sp³-hybridized carbons (Fsp3) is 0.312. The Morgan fingerprint density at radius 1 is 1.21 bits per heavy atom. The molecule has 0 unspecified atom stereocenters. The number of nitrogens with one attached hydrogen (secondary N) is 1. The van der Waals surface area contributed by atoms with Gasteiger partial charge < -0.3 is 15.0 Å². The Labute approximate surface area is 150 Å². The average molecular weight is 369 g/mol. The monoisotopic (exact) mass is 368 g/mol. The van der Waals surface area contributed by atoms with E-state index in [0.717, 1.165) is 0 Å². The van der Waals surface area contributed by atoms with Crippen LogP contribution >= 0.6 is 23.2 Å². The molecule has 1 amide bonds. The Morgan fingerprint density at radius 2 is 1.83 bits per heavy atom. The molecule has 1 N–H and O–H groups in total. The number of benzene rings is 1. The maximum atomic E-state index is 12.1. The van der Waals surface area contributed by atoms with Crippen LogP contribution in [0.5, 0.6) is 5.75 Å². The van der Waals surface area contributed by atoms with E-state index < -0.39 is 0 Å². The largest absolute Gasteiger partial charge is 0.482 e. The summed E-state index contributed by atoms with van der Waals surface area (Å²) >= 11 is 11.8. The number of aryl methyl sites for hydroxylation is 2. The van der Waals surface area contributed by atoms with Gasteiger partial charge in [0.05, 0.1) is 22.1 Å². The third-order valence-electron chi connectivity index (χ3n) is 3.18. The van der Waals surface area contributed by atoms with Crippen LogP contribution in [0, 0.1) is 13.8 Å². The van der Waals surface area contributed by atoms with E-state index in [1.807, 2.05) is 27.9 Å². The summed E-state index contributed by atoms with van der Waals surface area (Å²) in [6, 6.07) is 4.81. The van der Waals surface area contributed by atoms with Crippen LogP contribution < -0.4 is 15.0 Å². The number of nitrogens with zero attached hydrogens (tertiary/aromatic N) is 3. The minimum atomic E-state index is -0.326. The molecular weight excluding hydrogens is 351 g/mol. The standard InChI is InChI=1S/C16H18Cl2N4O2/c1-9-15(10(2)20-16(19-9)22(3)4)21-14(23)8-24-13-6-5-11(17)7-12(13)18/h5-7H,8H2,1-4H3,(H,21,23). The number of amides is 1. The predicted octanol–water partition coefficient (Wildman–Crippen LogP) is 3.48. The van der Waals surface area contributed by atoms with Gasteiger partial charge in [0.25, 0.3) is 5.91 Å². The summed E-state index contributed by atoms with van der Waals surface area (Å²) in [5, 5.41) is 3.62. The molecule has 1 aromatic heterocycles. The molecule has 0 aliphatic heterocycles. The number of rotatable bonds is 5. The molecule has 0 saturated carbocycles. The summed E-state index contributed by atoms with van der Waals surface area (Å²) in [6.45, 7) is 3.44. The molecule has 2 aromatic rings. The normalized spacial score (nSPS) is 10.4. The molecule has 0 saturated heterocycles. The molecule has 0 fully saturated rings. The molecule has 1 heterocycles. The number of anilines is 2. The van der Waals surface area contributed by atoms with Crippen molar-refractivity contribution < 1.29 is 9.53 Å². The Morgan fingerprint density at radius 3 is 2.38 bits per heavy atom. The van der Waals surface area contributed by atoms with Crippen LogP contribution in [0.4, 0.5) is 11.6 Å². The molecule has 0 spiro atoms. The van der Waals surface area contributed by atoms with Gasteiger partial charge in [0.1, 0.15) is 5.75 Å². The van der Waals surface area contributed by atoms with E-state index in [2.05, 4.69) is 15.3 Å². The minimum Gasteiger partial charge on any atom is -0.482 e. The number of carbonyl (C=O) groups excluding carboxylic acids is 1. The highest BCUT2D eigenvalue weighted by Gasteiger charge is 2.13. The first-order valence-corrected chi connectivity index (χ1v) is 7.93. The minimum absolute atomic E-state index is 0.185. The number of aromatic nitrogens is 2. The van der Waals surface area contributed by atoms with E-state index >= 15 is 0 Å². The van der Waals surface area contributed by atoms with Gasteiger partial charge in [-0.1, -0.05) is 23.2 Å². The van der Waals surface area contributed by atoms with Crippen molar-refractivity contribution >= 4 is 40.7 Å². The van der Waals surface area contributed by atoms with Gasteiger partial charge in [-0.3, -0.25) is 4.79 Å². The predicted molar refractivity (Wildman–Crippen MR) is 96.4 cm³/mol. The van der Waals surface area contributed by atoms with Gasteiger partial charge in [0.2, 0.25) is 5.95 Å². The van der Waals surface area contributed by atoms with Crippen molar-refractivity contribution in [1.29, 1.82) is 0 Å². The van der Waals surface area contributed by atoms with Gasteiger partial charge in [0, 0.05) is 19.1 Å². The zero-order valence-corrected chi connectivity index (χ0v) is 15.4. The second-order valence-corrected chi connectivity index (χ2v) is 6.22. The Kier molecular flexibility index (Phi) is 5.85. The molecular formula is C16H18Cl2N4O2. The van der Waals surface area contributed by atoms with Crippen LogP contribution in [0.15, 0.2) is 18.2 Å². The average Bonchev–Trinajstić information content (AvgIpc) is 2.49. The Bertz CT molecular complexity index is 743. The topological polar surface area (TPSA) is 67.4 Å². The van der Waals surface area contributed by atoms with Crippen LogP contribution in [0.3, 0.4) is 0 Å². The zero-order chi connectivity index (χ0) is 17.9. The summed E-state index contributed by atoms with van der Waals surface area (Å²) in [6.07, 6.45) is 0. The van der Waals surface area contributed by atoms with Crippen LogP contribution in [0.2, 0.25) is 10.0 Å². The molecule has 6 nitrogen and oxygen atoms in total. The molecule has 24 heavy (non-hydrogen) atoms. The van der Waals surface area contributed by atoms with Crippen molar-refractivity contribution in [2.45, 2.75) is 13.8 Å². The quantitative estimate of drug-likeness (QED) is 0.874. The van der Waals surface area contributed by atoms with E-state index in [1.54, 1.807) is 23.1 Å². The summed E-state index contributed by atoms with van der Waals surface area (Å²) in [7, 11) is 3.71. The molecule has 0 bridgehead atoms. The second kappa shape index (κ2) is 7.68. The van der Waals surface area contributed by atoms with Crippen molar-refractivity contribution in [2.75, 3.05) is 30.9 Å². The van der Waals surface area contributed by atoms with Crippen molar-refractivity contribution in [1.82, 2.24) is 9.97 Å². The molecule has 0 atom stereocenters. The molecule has 0 aliphatic rings. The number of hydrogen-bond donors (Lipinski definition) is 1. The van der Waals surface area contributed by atoms with Crippen molar-refractivity contribution in [2.24, 2.45) is 0 Å².